The molecule has 0 aliphatic rings. The maximum absolute atomic E-state index is 12.6. The van der Waals surface area contributed by atoms with Crippen LogP contribution in [0, 0.1) is 6.92 Å². The predicted molar refractivity (Wildman–Crippen MR) is 108 cm³/mol. The lowest BCUT2D eigenvalue weighted by Crippen LogP contribution is -2.23. The summed E-state index contributed by atoms with van der Waals surface area (Å²) in [5.41, 5.74) is 2.35. The number of nitrogens with zero attached hydrogens (tertiary/aromatic N) is 3. The van der Waals surface area contributed by atoms with Crippen LogP contribution in [0.4, 0.5) is 5.69 Å². The summed E-state index contributed by atoms with van der Waals surface area (Å²) in [6.45, 7) is 3.69. The minimum Gasteiger partial charge on any atom is -0.495 e. The van der Waals surface area contributed by atoms with E-state index in [9.17, 15) is 4.79 Å². The van der Waals surface area contributed by atoms with Crippen molar-refractivity contribution >= 4 is 35.0 Å². The Morgan fingerprint density at radius 1 is 1.26 bits per heavy atom. The average molecular weight is 403 g/mol. The monoisotopic (exact) mass is 402 g/mol. The fourth-order valence-corrected chi connectivity index (χ4v) is 3.50. The number of halogens is 1. The van der Waals surface area contributed by atoms with Crippen LogP contribution in [0.1, 0.15) is 12.5 Å². The first-order chi connectivity index (χ1) is 13.0. The molecule has 0 aliphatic heterocycles. The van der Waals surface area contributed by atoms with Crippen LogP contribution in [-0.2, 0) is 4.79 Å². The van der Waals surface area contributed by atoms with Crippen molar-refractivity contribution in [2.45, 2.75) is 24.3 Å². The Bertz CT molecular complexity index is 960. The van der Waals surface area contributed by atoms with E-state index < -0.39 is 0 Å². The molecule has 1 atom stereocenters. The molecule has 0 saturated carbocycles. The quantitative estimate of drug-likeness (QED) is 0.620. The van der Waals surface area contributed by atoms with Gasteiger partial charge in [-0.25, -0.2) is 0 Å². The smallest absolute Gasteiger partial charge is 0.237 e. The molecule has 27 heavy (non-hydrogen) atoms. The van der Waals surface area contributed by atoms with Crippen molar-refractivity contribution < 1.29 is 9.53 Å². The molecule has 1 N–H and O–H groups in total. The van der Waals surface area contributed by atoms with Gasteiger partial charge in [0, 0.05) is 10.7 Å². The Morgan fingerprint density at radius 3 is 2.81 bits per heavy atom. The summed E-state index contributed by atoms with van der Waals surface area (Å²) in [5.74, 6) is 0.561. The molecule has 3 rings (SSSR count). The Balaban J connectivity index is 1.77. The molecule has 0 spiro atoms. The van der Waals surface area contributed by atoms with Crippen LogP contribution in [0.5, 0.6) is 5.75 Å². The van der Waals surface area contributed by atoms with Crippen molar-refractivity contribution in [1.29, 1.82) is 0 Å². The molecule has 0 saturated heterocycles. The zero-order valence-corrected chi connectivity index (χ0v) is 16.7. The van der Waals surface area contributed by atoms with Gasteiger partial charge < -0.3 is 10.1 Å². The number of rotatable bonds is 6. The van der Waals surface area contributed by atoms with Crippen LogP contribution in [-0.4, -0.2) is 33.0 Å². The van der Waals surface area contributed by atoms with Gasteiger partial charge in [0.25, 0.3) is 0 Å². The fourth-order valence-electron chi connectivity index (χ4n) is 2.49. The third kappa shape index (κ3) is 4.26. The number of carbonyl (C=O) groups is 1. The van der Waals surface area contributed by atoms with E-state index in [-0.39, 0.29) is 11.2 Å². The number of methoxy groups -OCH3 is 1. The molecule has 1 heterocycles. The second-order valence-electron chi connectivity index (χ2n) is 5.82. The van der Waals surface area contributed by atoms with Gasteiger partial charge in [0.05, 0.1) is 18.0 Å². The zero-order valence-electron chi connectivity index (χ0n) is 15.1. The van der Waals surface area contributed by atoms with Crippen LogP contribution in [0.25, 0.3) is 5.69 Å². The summed E-state index contributed by atoms with van der Waals surface area (Å²) in [6.07, 6.45) is 1.60. The number of amides is 1. The van der Waals surface area contributed by atoms with Crippen molar-refractivity contribution in [2.24, 2.45) is 0 Å². The van der Waals surface area contributed by atoms with Crippen LogP contribution in [0.15, 0.2) is 53.9 Å². The number of hydrogen-bond donors (Lipinski definition) is 1. The summed E-state index contributed by atoms with van der Waals surface area (Å²) in [6, 6.07) is 13.0. The molecule has 0 fully saturated rings. The Morgan fingerprint density at radius 2 is 2.04 bits per heavy atom. The molecule has 1 amide bonds. The van der Waals surface area contributed by atoms with E-state index in [4.69, 9.17) is 16.3 Å². The van der Waals surface area contributed by atoms with Crippen LogP contribution in [0.3, 0.4) is 0 Å². The molecule has 3 aromatic rings. The largest absolute Gasteiger partial charge is 0.495 e. The normalized spacial score (nSPS) is 11.9. The first kappa shape index (κ1) is 19.3. The van der Waals surface area contributed by atoms with Crippen molar-refractivity contribution in [1.82, 2.24) is 14.8 Å². The number of anilines is 1. The molecule has 0 radical (unpaired) electrons. The van der Waals surface area contributed by atoms with Gasteiger partial charge in [-0.05, 0) is 43.7 Å². The number of benzene rings is 2. The number of para-hydroxylation sites is 2. The van der Waals surface area contributed by atoms with Gasteiger partial charge in [-0.15, -0.1) is 10.2 Å². The standard InChI is InChI=1S/C19H19ClN4O2S/c1-12-14(20)7-6-8-15(12)22-18(25)13(2)27-19-23-21-11-24(19)16-9-4-5-10-17(16)26-3/h4-11,13H,1-3H3,(H,22,25)/t13-/m1/s1. The summed E-state index contributed by atoms with van der Waals surface area (Å²) < 4.78 is 7.21. The van der Waals surface area contributed by atoms with Crippen LogP contribution >= 0.6 is 23.4 Å². The van der Waals surface area contributed by atoms with Crippen LogP contribution in [0.2, 0.25) is 5.02 Å². The van der Waals surface area contributed by atoms with Gasteiger partial charge in [-0.2, -0.15) is 0 Å². The summed E-state index contributed by atoms with van der Waals surface area (Å²) in [7, 11) is 1.61. The molecule has 0 unspecified atom stereocenters. The van der Waals surface area contributed by atoms with Gasteiger partial charge in [0.1, 0.15) is 12.1 Å². The van der Waals surface area contributed by atoms with E-state index in [1.54, 1.807) is 30.1 Å². The third-order valence-corrected chi connectivity index (χ3v) is 5.50. The van der Waals surface area contributed by atoms with Gasteiger partial charge in [0.2, 0.25) is 5.91 Å². The van der Waals surface area contributed by atoms with Crippen molar-refractivity contribution in [3.63, 3.8) is 0 Å². The molecule has 2 aromatic carbocycles. The van der Waals surface area contributed by atoms with E-state index in [1.807, 2.05) is 44.2 Å². The molecule has 140 valence electrons. The second kappa shape index (κ2) is 8.45. The maximum atomic E-state index is 12.6. The fraction of sp³-hybridized carbons (Fsp3) is 0.211. The molecular formula is C19H19ClN4O2S. The Kier molecular flexibility index (Phi) is 6.03. The lowest BCUT2D eigenvalue weighted by atomic mass is 10.2. The van der Waals surface area contributed by atoms with Gasteiger partial charge in [-0.3, -0.25) is 9.36 Å². The van der Waals surface area contributed by atoms with E-state index >= 15 is 0 Å². The molecule has 0 bridgehead atoms. The van der Waals surface area contributed by atoms with Gasteiger partial charge in [0.15, 0.2) is 5.16 Å². The second-order valence-corrected chi connectivity index (χ2v) is 7.53. The number of nitrogens with one attached hydrogen (secondary N) is 1. The number of thioether (sulfide) groups is 1. The molecule has 8 heteroatoms. The minimum atomic E-state index is -0.388. The highest BCUT2D eigenvalue weighted by molar-refractivity contribution is 8.00. The van der Waals surface area contributed by atoms with Gasteiger partial charge in [-0.1, -0.05) is 41.6 Å². The summed E-state index contributed by atoms with van der Waals surface area (Å²) >= 11 is 7.44. The highest BCUT2D eigenvalue weighted by Crippen LogP contribution is 2.29. The summed E-state index contributed by atoms with van der Waals surface area (Å²) in [5, 5.41) is 11.9. The van der Waals surface area contributed by atoms with Crippen LogP contribution < -0.4 is 10.1 Å². The third-order valence-electron chi connectivity index (χ3n) is 4.04. The first-order valence-electron chi connectivity index (χ1n) is 8.27. The zero-order chi connectivity index (χ0) is 19.4. The minimum absolute atomic E-state index is 0.139. The molecular weight excluding hydrogens is 384 g/mol. The lowest BCUT2D eigenvalue weighted by Gasteiger charge is -2.15. The topological polar surface area (TPSA) is 69.0 Å². The highest BCUT2D eigenvalue weighted by Gasteiger charge is 2.20. The van der Waals surface area contributed by atoms with E-state index in [2.05, 4.69) is 15.5 Å². The van der Waals surface area contributed by atoms with E-state index in [0.29, 0.717) is 21.6 Å². The lowest BCUT2D eigenvalue weighted by molar-refractivity contribution is -0.115. The summed E-state index contributed by atoms with van der Waals surface area (Å²) in [4.78, 5) is 12.6. The molecule has 6 nitrogen and oxygen atoms in total. The Labute approximate surface area is 166 Å². The van der Waals surface area contributed by atoms with Gasteiger partial charge >= 0.3 is 0 Å². The molecule has 0 aliphatic carbocycles. The van der Waals surface area contributed by atoms with Crippen molar-refractivity contribution in [2.75, 3.05) is 12.4 Å². The maximum Gasteiger partial charge on any atom is 0.237 e. The number of ether oxygens (including phenoxy) is 1. The van der Waals surface area contributed by atoms with Crippen molar-refractivity contribution in [3.8, 4) is 11.4 Å². The predicted octanol–water partition coefficient (Wildman–Crippen LogP) is 4.36. The highest BCUT2D eigenvalue weighted by atomic mass is 35.5. The van der Waals surface area contributed by atoms with Crippen molar-refractivity contribution in [3.05, 3.63) is 59.4 Å². The van der Waals surface area contributed by atoms with E-state index in [1.165, 1.54) is 11.8 Å². The molecule has 1 aromatic heterocycles. The first-order valence-corrected chi connectivity index (χ1v) is 9.53. The number of hydrogen-bond acceptors (Lipinski definition) is 5. The SMILES string of the molecule is COc1ccccc1-n1cnnc1S[C@H](C)C(=O)Nc1cccc(Cl)c1C. The van der Waals surface area contributed by atoms with E-state index in [0.717, 1.165) is 11.3 Å². The average Bonchev–Trinajstić information content (AvgIpc) is 3.13. The number of aromatic nitrogens is 3. The Hall–Kier alpha value is -2.51. The number of carbonyl (C=O) groups excluding carboxylic acids is 1.